The molecule has 0 aliphatic carbocycles. The van der Waals surface area contributed by atoms with E-state index in [9.17, 15) is 0 Å². The highest BCUT2D eigenvalue weighted by atomic mass is 127. The van der Waals surface area contributed by atoms with Gasteiger partial charge in [-0.2, -0.15) is 5.10 Å². The van der Waals surface area contributed by atoms with Crippen molar-refractivity contribution < 1.29 is 0 Å². The predicted molar refractivity (Wildman–Crippen MR) is 122 cm³/mol. The van der Waals surface area contributed by atoms with Crippen LogP contribution in [-0.4, -0.2) is 53.4 Å². The minimum atomic E-state index is 0. The third kappa shape index (κ3) is 7.42. The molecule has 0 saturated heterocycles. The van der Waals surface area contributed by atoms with E-state index in [2.05, 4.69) is 67.2 Å². The second-order valence-electron chi connectivity index (χ2n) is 7.08. The van der Waals surface area contributed by atoms with Gasteiger partial charge in [-0.05, 0) is 39.3 Å². The summed E-state index contributed by atoms with van der Waals surface area (Å²) in [6.45, 7) is 17.0. The Morgan fingerprint density at radius 1 is 1.19 bits per heavy atom. The maximum absolute atomic E-state index is 4.48. The average molecular weight is 478 g/mol. The topological polar surface area (TPSA) is 57.5 Å². The van der Waals surface area contributed by atoms with E-state index in [0.29, 0.717) is 12.0 Å². The molecule has 0 aromatic carbocycles. The second kappa shape index (κ2) is 12.5. The summed E-state index contributed by atoms with van der Waals surface area (Å²) in [6.07, 6.45) is 1.19. The van der Waals surface area contributed by atoms with Crippen molar-refractivity contribution in [1.29, 1.82) is 0 Å². The molecule has 0 radical (unpaired) electrons. The van der Waals surface area contributed by atoms with E-state index < -0.39 is 0 Å². The molecular formula is C19H39IN6. The predicted octanol–water partition coefficient (Wildman–Crippen LogP) is 3.08. The van der Waals surface area contributed by atoms with E-state index in [1.54, 1.807) is 0 Å². The Kier molecular flexibility index (Phi) is 12.1. The third-order valence-electron chi connectivity index (χ3n) is 4.89. The number of hydrogen-bond donors (Lipinski definition) is 2. The van der Waals surface area contributed by atoms with Crippen molar-refractivity contribution in [1.82, 2.24) is 25.3 Å². The fourth-order valence-electron chi connectivity index (χ4n) is 3.33. The molecule has 0 aliphatic heterocycles. The Hall–Kier alpha value is -0.830. The van der Waals surface area contributed by atoms with Gasteiger partial charge >= 0.3 is 0 Å². The van der Waals surface area contributed by atoms with E-state index in [1.165, 1.54) is 17.7 Å². The third-order valence-corrected chi connectivity index (χ3v) is 4.89. The number of guanidine groups is 1. The summed E-state index contributed by atoms with van der Waals surface area (Å²) in [4.78, 5) is 6.90. The lowest BCUT2D eigenvalue weighted by molar-refractivity contribution is 0.191. The van der Waals surface area contributed by atoms with Crippen LogP contribution < -0.4 is 10.6 Å². The summed E-state index contributed by atoms with van der Waals surface area (Å²) in [6, 6.07) is 0.524. The molecule has 26 heavy (non-hydrogen) atoms. The highest BCUT2D eigenvalue weighted by Crippen LogP contribution is 2.12. The normalized spacial score (nSPS) is 13.1. The number of aryl methyl sites for hydroxylation is 2. The van der Waals surface area contributed by atoms with Crippen molar-refractivity contribution in [2.45, 2.75) is 60.5 Å². The van der Waals surface area contributed by atoms with Crippen LogP contribution in [0, 0.1) is 19.8 Å². The molecule has 0 bridgehead atoms. The van der Waals surface area contributed by atoms with Crippen molar-refractivity contribution >= 4 is 29.9 Å². The highest BCUT2D eigenvalue weighted by Gasteiger charge is 2.18. The van der Waals surface area contributed by atoms with Crippen LogP contribution in [0.2, 0.25) is 0 Å². The lowest BCUT2D eigenvalue weighted by Gasteiger charge is -2.31. The van der Waals surface area contributed by atoms with Gasteiger partial charge in [0.2, 0.25) is 0 Å². The lowest BCUT2D eigenvalue weighted by atomic mass is 10.0. The molecule has 0 aliphatic rings. The van der Waals surface area contributed by atoms with Crippen LogP contribution in [0.3, 0.4) is 0 Å². The molecule has 1 atom stereocenters. The molecule has 0 saturated carbocycles. The van der Waals surface area contributed by atoms with Gasteiger partial charge in [0, 0.05) is 44.5 Å². The number of halogens is 1. The number of hydrogen-bond acceptors (Lipinski definition) is 3. The van der Waals surface area contributed by atoms with Crippen LogP contribution in [0.15, 0.2) is 4.99 Å². The van der Waals surface area contributed by atoms with Gasteiger partial charge in [-0.3, -0.25) is 14.6 Å². The van der Waals surface area contributed by atoms with Crippen LogP contribution in [-0.2, 0) is 13.6 Å². The minimum absolute atomic E-state index is 0. The van der Waals surface area contributed by atoms with Gasteiger partial charge in [0.1, 0.15) is 0 Å². The molecule has 152 valence electrons. The van der Waals surface area contributed by atoms with Crippen molar-refractivity contribution in [3.8, 4) is 0 Å². The maximum atomic E-state index is 4.48. The lowest BCUT2D eigenvalue weighted by Crippen LogP contribution is -2.47. The van der Waals surface area contributed by atoms with Gasteiger partial charge < -0.3 is 10.6 Å². The summed E-state index contributed by atoms with van der Waals surface area (Å²) in [5, 5.41) is 11.4. The van der Waals surface area contributed by atoms with E-state index >= 15 is 0 Å². The summed E-state index contributed by atoms with van der Waals surface area (Å²) in [5.74, 6) is 1.53. The number of nitrogens with one attached hydrogen (secondary N) is 2. The summed E-state index contributed by atoms with van der Waals surface area (Å²) in [7, 11) is 3.81. The number of aliphatic imine (C=N–C) groups is 1. The molecule has 0 fully saturated rings. The molecule has 2 N–H and O–H groups in total. The van der Waals surface area contributed by atoms with E-state index in [4.69, 9.17) is 0 Å². The molecule has 0 spiro atoms. The number of aromatic nitrogens is 2. The molecule has 0 amide bonds. The quantitative estimate of drug-likeness (QED) is 0.326. The molecule has 1 rings (SSSR count). The molecular weight excluding hydrogens is 439 g/mol. The fourth-order valence-corrected chi connectivity index (χ4v) is 3.33. The van der Waals surface area contributed by atoms with Gasteiger partial charge in [0.15, 0.2) is 5.96 Å². The standard InChI is InChI=1S/C19H38N6.HI/c1-9-25(10-2)17(11-14(3)4)12-21-19(20-7)22-13-18-15(5)23-24(8)16(18)6;/h14,17H,9-13H2,1-8H3,(H2,20,21,22);1H. The first-order chi connectivity index (χ1) is 11.8. The average Bonchev–Trinajstić information content (AvgIpc) is 2.80. The zero-order valence-electron chi connectivity index (χ0n) is 17.9. The van der Waals surface area contributed by atoms with Crippen molar-refractivity contribution in [3.63, 3.8) is 0 Å². The van der Waals surface area contributed by atoms with Crippen LogP contribution in [0.4, 0.5) is 0 Å². The Bertz CT molecular complexity index is 548. The van der Waals surface area contributed by atoms with Crippen molar-refractivity contribution in [3.05, 3.63) is 17.0 Å². The summed E-state index contributed by atoms with van der Waals surface area (Å²) < 4.78 is 1.93. The van der Waals surface area contributed by atoms with Gasteiger partial charge in [0.05, 0.1) is 5.69 Å². The molecule has 7 heteroatoms. The van der Waals surface area contributed by atoms with E-state index in [-0.39, 0.29) is 24.0 Å². The van der Waals surface area contributed by atoms with Crippen molar-refractivity contribution in [2.75, 3.05) is 26.7 Å². The van der Waals surface area contributed by atoms with Gasteiger partial charge in [0.25, 0.3) is 0 Å². The first kappa shape index (κ1) is 25.2. The molecule has 1 heterocycles. The van der Waals surface area contributed by atoms with E-state index in [0.717, 1.165) is 37.8 Å². The Balaban J connectivity index is 0.00000625. The van der Waals surface area contributed by atoms with Crippen LogP contribution >= 0.6 is 24.0 Å². The van der Waals surface area contributed by atoms with E-state index in [1.807, 2.05) is 18.8 Å². The highest BCUT2D eigenvalue weighted by molar-refractivity contribution is 14.0. The van der Waals surface area contributed by atoms with Gasteiger partial charge in [-0.25, -0.2) is 0 Å². The zero-order valence-corrected chi connectivity index (χ0v) is 20.2. The zero-order chi connectivity index (χ0) is 19.0. The summed E-state index contributed by atoms with van der Waals surface area (Å²) >= 11 is 0. The Morgan fingerprint density at radius 2 is 1.81 bits per heavy atom. The second-order valence-corrected chi connectivity index (χ2v) is 7.08. The molecule has 1 aromatic rings. The van der Waals surface area contributed by atoms with Crippen molar-refractivity contribution in [2.24, 2.45) is 18.0 Å². The van der Waals surface area contributed by atoms with Crippen LogP contribution in [0.25, 0.3) is 0 Å². The Morgan fingerprint density at radius 3 is 2.23 bits per heavy atom. The van der Waals surface area contributed by atoms with Crippen LogP contribution in [0.5, 0.6) is 0 Å². The largest absolute Gasteiger partial charge is 0.355 e. The number of nitrogens with zero attached hydrogens (tertiary/aromatic N) is 4. The number of rotatable bonds is 9. The molecule has 1 unspecified atom stereocenters. The monoisotopic (exact) mass is 478 g/mol. The smallest absolute Gasteiger partial charge is 0.191 e. The maximum Gasteiger partial charge on any atom is 0.191 e. The SMILES string of the molecule is CCN(CC)C(CNC(=NC)NCc1c(C)nn(C)c1C)CC(C)C.I. The summed E-state index contributed by atoms with van der Waals surface area (Å²) in [5.41, 5.74) is 3.51. The first-order valence-corrected chi connectivity index (χ1v) is 9.51. The molecule has 6 nitrogen and oxygen atoms in total. The van der Waals surface area contributed by atoms with Gasteiger partial charge in [-0.15, -0.1) is 24.0 Å². The number of likely N-dealkylation sites (N-methyl/N-ethyl adjacent to an activating group) is 1. The first-order valence-electron chi connectivity index (χ1n) is 9.51. The Labute approximate surface area is 177 Å². The minimum Gasteiger partial charge on any atom is -0.355 e. The van der Waals surface area contributed by atoms with Gasteiger partial charge in [-0.1, -0.05) is 27.7 Å². The molecule has 1 aromatic heterocycles. The fraction of sp³-hybridized carbons (Fsp3) is 0.789. The van der Waals surface area contributed by atoms with Crippen LogP contribution in [0.1, 0.15) is 51.1 Å².